The highest BCUT2D eigenvalue weighted by atomic mass is 16.2. The van der Waals surface area contributed by atoms with Gasteiger partial charge < -0.3 is 9.88 Å². The summed E-state index contributed by atoms with van der Waals surface area (Å²) >= 11 is 0. The maximum atomic E-state index is 11.8. The van der Waals surface area contributed by atoms with Crippen molar-refractivity contribution in [2.75, 3.05) is 6.54 Å². The van der Waals surface area contributed by atoms with Gasteiger partial charge in [0, 0.05) is 24.5 Å². The van der Waals surface area contributed by atoms with E-state index in [1.165, 1.54) is 5.56 Å². The molecule has 92 valence electrons. The first kappa shape index (κ1) is 11.0. The maximum absolute atomic E-state index is 11.8. The number of carbonyl (C=O) groups is 1. The van der Waals surface area contributed by atoms with Crippen LogP contribution >= 0.6 is 0 Å². The van der Waals surface area contributed by atoms with Crippen LogP contribution in [0.3, 0.4) is 0 Å². The van der Waals surface area contributed by atoms with Crippen molar-refractivity contribution in [1.29, 1.82) is 0 Å². The van der Waals surface area contributed by atoms with Crippen molar-refractivity contribution in [1.82, 2.24) is 14.9 Å². The second-order valence-corrected chi connectivity index (χ2v) is 4.62. The molecule has 0 bridgehead atoms. The molecule has 1 aliphatic heterocycles. The zero-order chi connectivity index (χ0) is 12.5. The molecule has 1 aromatic carbocycles. The number of aromatic nitrogens is 2. The third-order valence-electron chi connectivity index (χ3n) is 3.33. The Kier molecular flexibility index (Phi) is 2.63. The van der Waals surface area contributed by atoms with Gasteiger partial charge in [-0.2, -0.15) is 0 Å². The van der Waals surface area contributed by atoms with Gasteiger partial charge in [-0.1, -0.05) is 29.8 Å². The topological polar surface area (TPSA) is 46.9 Å². The van der Waals surface area contributed by atoms with Crippen LogP contribution in [0.25, 0.3) is 11.4 Å². The molecule has 1 aliphatic rings. The van der Waals surface area contributed by atoms with E-state index in [1.54, 1.807) is 6.20 Å². The van der Waals surface area contributed by atoms with E-state index in [4.69, 9.17) is 0 Å². The van der Waals surface area contributed by atoms with E-state index in [-0.39, 0.29) is 11.9 Å². The van der Waals surface area contributed by atoms with E-state index < -0.39 is 0 Å². The van der Waals surface area contributed by atoms with Crippen LogP contribution in [-0.2, 0) is 4.79 Å². The molecule has 1 fully saturated rings. The summed E-state index contributed by atoms with van der Waals surface area (Å²) in [6.07, 6.45) is 4.46. The number of benzene rings is 1. The Morgan fingerprint density at radius 2 is 2.11 bits per heavy atom. The second kappa shape index (κ2) is 4.29. The predicted octanol–water partition coefficient (Wildman–Crippen LogP) is 1.92. The molecular weight excluding hydrogens is 226 g/mol. The molecule has 2 heterocycles. The average molecular weight is 241 g/mol. The van der Waals surface area contributed by atoms with E-state index in [2.05, 4.69) is 29.4 Å². The van der Waals surface area contributed by atoms with E-state index in [1.807, 2.05) is 22.9 Å². The quantitative estimate of drug-likeness (QED) is 0.873. The molecule has 1 saturated heterocycles. The molecule has 18 heavy (non-hydrogen) atoms. The standard InChI is InChI=1S/C14H15N3O/c1-10-2-4-11(5-3-10)13-15-8-9-17(13)12-6-7-16-14(12)18/h2-5,8-9,12H,6-7H2,1H3,(H,16,18). The lowest BCUT2D eigenvalue weighted by atomic mass is 10.1. The lowest BCUT2D eigenvalue weighted by Crippen LogP contribution is -2.21. The molecule has 1 unspecified atom stereocenters. The summed E-state index contributed by atoms with van der Waals surface area (Å²) < 4.78 is 1.97. The Balaban J connectivity index is 2.01. The van der Waals surface area contributed by atoms with E-state index >= 15 is 0 Å². The van der Waals surface area contributed by atoms with Gasteiger partial charge in [-0.05, 0) is 13.3 Å². The Morgan fingerprint density at radius 3 is 2.78 bits per heavy atom. The van der Waals surface area contributed by atoms with Crippen molar-refractivity contribution in [3.63, 3.8) is 0 Å². The van der Waals surface area contributed by atoms with Crippen LogP contribution in [0.2, 0.25) is 0 Å². The van der Waals surface area contributed by atoms with Crippen molar-refractivity contribution in [3.05, 3.63) is 42.2 Å². The molecule has 0 radical (unpaired) electrons. The molecule has 1 aromatic heterocycles. The monoisotopic (exact) mass is 241 g/mol. The van der Waals surface area contributed by atoms with Gasteiger partial charge >= 0.3 is 0 Å². The number of nitrogens with one attached hydrogen (secondary N) is 1. The van der Waals surface area contributed by atoms with E-state index in [0.717, 1.165) is 24.4 Å². The molecule has 0 saturated carbocycles. The molecule has 1 atom stereocenters. The van der Waals surface area contributed by atoms with Gasteiger partial charge in [0.2, 0.25) is 5.91 Å². The molecular formula is C14H15N3O. The minimum absolute atomic E-state index is 0.0846. The summed E-state index contributed by atoms with van der Waals surface area (Å²) in [5, 5.41) is 2.86. The van der Waals surface area contributed by atoms with Crippen molar-refractivity contribution < 1.29 is 4.79 Å². The van der Waals surface area contributed by atoms with Crippen LogP contribution in [0.5, 0.6) is 0 Å². The van der Waals surface area contributed by atoms with Gasteiger partial charge in [-0.15, -0.1) is 0 Å². The van der Waals surface area contributed by atoms with Crippen molar-refractivity contribution >= 4 is 5.91 Å². The van der Waals surface area contributed by atoms with Crippen molar-refractivity contribution in [2.24, 2.45) is 0 Å². The molecule has 4 nitrogen and oxygen atoms in total. The average Bonchev–Trinajstić information content (AvgIpc) is 2.98. The summed E-state index contributed by atoms with van der Waals surface area (Å²) in [6.45, 7) is 2.80. The molecule has 0 aliphatic carbocycles. The highest BCUT2D eigenvalue weighted by Gasteiger charge is 2.27. The summed E-state index contributed by atoms with van der Waals surface area (Å²) in [7, 11) is 0. The van der Waals surface area contributed by atoms with Gasteiger partial charge in [0.15, 0.2) is 0 Å². The number of aryl methyl sites for hydroxylation is 1. The first-order chi connectivity index (χ1) is 8.75. The minimum atomic E-state index is -0.121. The first-order valence-electron chi connectivity index (χ1n) is 6.13. The number of hydrogen-bond acceptors (Lipinski definition) is 2. The molecule has 4 heteroatoms. The fraction of sp³-hybridized carbons (Fsp3) is 0.286. The van der Waals surface area contributed by atoms with Crippen LogP contribution in [0, 0.1) is 6.92 Å². The lowest BCUT2D eigenvalue weighted by Gasteiger charge is -2.12. The smallest absolute Gasteiger partial charge is 0.243 e. The molecule has 1 amide bonds. The minimum Gasteiger partial charge on any atom is -0.354 e. The normalized spacial score (nSPS) is 18.9. The number of amides is 1. The number of nitrogens with zero attached hydrogens (tertiary/aromatic N) is 2. The van der Waals surface area contributed by atoms with Crippen molar-refractivity contribution in [3.8, 4) is 11.4 Å². The highest BCUT2D eigenvalue weighted by Crippen LogP contribution is 2.25. The Morgan fingerprint density at radius 1 is 1.33 bits per heavy atom. The Labute approximate surface area is 106 Å². The Bertz CT molecular complexity index is 571. The molecule has 2 aromatic rings. The molecule has 3 rings (SSSR count). The number of hydrogen-bond donors (Lipinski definition) is 1. The highest BCUT2D eigenvalue weighted by molar-refractivity contribution is 5.83. The van der Waals surface area contributed by atoms with Crippen LogP contribution < -0.4 is 5.32 Å². The van der Waals surface area contributed by atoms with Crippen LogP contribution in [0.4, 0.5) is 0 Å². The van der Waals surface area contributed by atoms with E-state index in [0.29, 0.717) is 0 Å². The van der Waals surface area contributed by atoms with E-state index in [9.17, 15) is 4.79 Å². The summed E-state index contributed by atoms with van der Waals surface area (Å²) in [5.74, 6) is 0.943. The molecule has 0 spiro atoms. The third-order valence-corrected chi connectivity index (χ3v) is 3.33. The van der Waals surface area contributed by atoms with Gasteiger partial charge in [0.25, 0.3) is 0 Å². The second-order valence-electron chi connectivity index (χ2n) is 4.62. The van der Waals surface area contributed by atoms with Gasteiger partial charge in [0.05, 0.1) is 0 Å². The number of rotatable bonds is 2. The SMILES string of the molecule is Cc1ccc(-c2nccn2C2CCNC2=O)cc1. The predicted molar refractivity (Wildman–Crippen MR) is 69.1 cm³/mol. The zero-order valence-electron chi connectivity index (χ0n) is 10.3. The van der Waals surface area contributed by atoms with Crippen molar-refractivity contribution in [2.45, 2.75) is 19.4 Å². The molecule has 1 N–H and O–H groups in total. The first-order valence-corrected chi connectivity index (χ1v) is 6.13. The summed E-state index contributed by atoms with van der Waals surface area (Å²) in [6, 6.07) is 8.08. The number of carbonyl (C=O) groups excluding carboxylic acids is 1. The van der Waals surface area contributed by atoms with Crippen LogP contribution in [0.1, 0.15) is 18.0 Å². The zero-order valence-corrected chi connectivity index (χ0v) is 10.3. The lowest BCUT2D eigenvalue weighted by molar-refractivity contribution is -0.121. The fourth-order valence-electron chi connectivity index (χ4n) is 2.34. The largest absolute Gasteiger partial charge is 0.354 e. The third kappa shape index (κ3) is 1.79. The maximum Gasteiger partial charge on any atom is 0.243 e. The van der Waals surface area contributed by atoms with Gasteiger partial charge in [-0.3, -0.25) is 4.79 Å². The summed E-state index contributed by atoms with van der Waals surface area (Å²) in [5.41, 5.74) is 2.26. The van der Waals surface area contributed by atoms with Crippen LogP contribution in [0.15, 0.2) is 36.7 Å². The van der Waals surface area contributed by atoms with Gasteiger partial charge in [-0.25, -0.2) is 4.98 Å². The number of imidazole rings is 1. The fourth-order valence-corrected chi connectivity index (χ4v) is 2.34. The Hall–Kier alpha value is -2.10. The van der Waals surface area contributed by atoms with Gasteiger partial charge in [0.1, 0.15) is 11.9 Å². The summed E-state index contributed by atoms with van der Waals surface area (Å²) in [4.78, 5) is 16.1. The van der Waals surface area contributed by atoms with Crippen LogP contribution in [-0.4, -0.2) is 22.0 Å².